The molecule has 0 bridgehead atoms. The fourth-order valence-electron chi connectivity index (χ4n) is 7.53. The highest BCUT2D eigenvalue weighted by atomic mass is 28.4. The molecule has 1 aliphatic rings. The van der Waals surface area contributed by atoms with Crippen LogP contribution in [0, 0.1) is 0 Å². The third kappa shape index (κ3) is 7.43. The fraction of sp³-hybridized carbons (Fsp3) is 0.250. The molecule has 0 aliphatic carbocycles. The number of hydrogen-bond donors (Lipinski definition) is 1. The standard InChI is InChI=1S/C44H45N5O6Si/c1-6-44(28-53-56(43(3,4)5,34-23-15-9-16-24-34)35-25-17-10-18-26-35)38(52-27-32-19-11-7-12-20-32)37(54-31(2)50)42(55-44)49-30-47-36-39(45-29-46-40(36)49)48-41(51)33-21-13-8-14-22-33/h6-26,29-30,37-38,42H,1,27-28H2,2-5H3,(H,45,46,48,51). The van der Waals surface area contributed by atoms with E-state index in [1.54, 1.807) is 34.9 Å². The molecular weight excluding hydrogens is 723 g/mol. The monoisotopic (exact) mass is 767 g/mol. The molecule has 4 aromatic carbocycles. The molecule has 1 aliphatic heterocycles. The number of rotatable bonds is 13. The Morgan fingerprint density at radius 2 is 1.46 bits per heavy atom. The van der Waals surface area contributed by atoms with Crippen LogP contribution in [-0.4, -0.2) is 64.1 Å². The maximum absolute atomic E-state index is 13.2. The summed E-state index contributed by atoms with van der Waals surface area (Å²) in [5.41, 5.74) is 0.704. The molecule has 12 heteroatoms. The lowest BCUT2D eigenvalue weighted by Crippen LogP contribution is -2.68. The number of imidazole rings is 1. The summed E-state index contributed by atoms with van der Waals surface area (Å²) in [6.45, 7) is 12.4. The minimum absolute atomic E-state index is 0.0114. The van der Waals surface area contributed by atoms with Gasteiger partial charge in [-0.1, -0.05) is 136 Å². The predicted molar refractivity (Wildman–Crippen MR) is 217 cm³/mol. The number of carbonyl (C=O) groups is 2. The number of carbonyl (C=O) groups excluding carboxylic acids is 2. The van der Waals surface area contributed by atoms with E-state index in [-0.39, 0.29) is 30.0 Å². The van der Waals surface area contributed by atoms with Crippen molar-refractivity contribution in [2.45, 2.75) is 63.4 Å². The van der Waals surface area contributed by atoms with Crippen LogP contribution in [0.25, 0.3) is 11.2 Å². The van der Waals surface area contributed by atoms with Crippen molar-refractivity contribution in [1.29, 1.82) is 0 Å². The molecule has 1 saturated heterocycles. The van der Waals surface area contributed by atoms with Gasteiger partial charge in [-0.25, -0.2) is 15.0 Å². The van der Waals surface area contributed by atoms with Crippen molar-refractivity contribution in [2.24, 2.45) is 0 Å². The molecule has 3 heterocycles. The number of anilines is 1. The molecule has 11 nitrogen and oxygen atoms in total. The lowest BCUT2D eigenvalue weighted by atomic mass is 9.95. The van der Waals surface area contributed by atoms with Crippen molar-refractivity contribution in [3.63, 3.8) is 0 Å². The number of hydrogen-bond acceptors (Lipinski definition) is 9. The number of amides is 1. The van der Waals surface area contributed by atoms with Crippen LogP contribution < -0.4 is 15.7 Å². The first-order chi connectivity index (χ1) is 27.1. The van der Waals surface area contributed by atoms with Crippen molar-refractivity contribution in [1.82, 2.24) is 19.5 Å². The molecule has 7 rings (SSSR count). The van der Waals surface area contributed by atoms with Crippen LogP contribution >= 0.6 is 0 Å². The van der Waals surface area contributed by atoms with E-state index >= 15 is 0 Å². The Balaban J connectivity index is 1.33. The van der Waals surface area contributed by atoms with E-state index in [1.807, 2.05) is 72.8 Å². The van der Waals surface area contributed by atoms with Gasteiger partial charge in [-0.15, -0.1) is 6.58 Å². The first kappa shape index (κ1) is 38.5. The van der Waals surface area contributed by atoms with Gasteiger partial charge in [-0.2, -0.15) is 0 Å². The van der Waals surface area contributed by atoms with Crippen LogP contribution in [0.3, 0.4) is 0 Å². The topological polar surface area (TPSA) is 127 Å². The van der Waals surface area contributed by atoms with Gasteiger partial charge in [-0.3, -0.25) is 14.2 Å². The smallest absolute Gasteiger partial charge is 0.303 e. The van der Waals surface area contributed by atoms with Crippen molar-refractivity contribution < 1.29 is 28.2 Å². The van der Waals surface area contributed by atoms with Crippen LogP contribution in [0.5, 0.6) is 0 Å². The summed E-state index contributed by atoms with van der Waals surface area (Å²) in [6.07, 6.45) is 1.66. The lowest BCUT2D eigenvalue weighted by Gasteiger charge is -2.45. The SMILES string of the molecule is C=CC1(CO[Si](c2ccccc2)(c2ccccc2)C(C)(C)C)OC(n2cnc3c(NC(=O)c4ccccc4)ncnc32)C(OC(C)=O)C1OCc1ccccc1. The van der Waals surface area contributed by atoms with Crippen LogP contribution in [0.1, 0.15) is 49.8 Å². The highest BCUT2D eigenvalue weighted by Gasteiger charge is 2.60. The van der Waals surface area contributed by atoms with Crippen LogP contribution in [0.15, 0.2) is 147 Å². The highest BCUT2D eigenvalue weighted by molar-refractivity contribution is 6.99. The summed E-state index contributed by atoms with van der Waals surface area (Å²) in [7, 11) is -3.10. The molecule has 1 amide bonds. The Bertz CT molecular complexity index is 2250. The second-order valence-electron chi connectivity index (χ2n) is 14.8. The second kappa shape index (κ2) is 16.1. The van der Waals surface area contributed by atoms with E-state index in [9.17, 15) is 9.59 Å². The van der Waals surface area contributed by atoms with E-state index in [2.05, 4.69) is 71.9 Å². The summed E-state index contributed by atoms with van der Waals surface area (Å²) in [4.78, 5) is 39.6. The Morgan fingerprint density at radius 3 is 2.04 bits per heavy atom. The van der Waals surface area contributed by atoms with Gasteiger partial charge in [0.15, 0.2) is 29.3 Å². The molecule has 0 spiro atoms. The van der Waals surface area contributed by atoms with Gasteiger partial charge in [0.1, 0.15) is 18.0 Å². The van der Waals surface area contributed by atoms with Gasteiger partial charge >= 0.3 is 5.97 Å². The number of benzene rings is 4. The minimum Gasteiger partial charge on any atom is -0.455 e. The van der Waals surface area contributed by atoms with Gasteiger partial charge < -0.3 is 24.0 Å². The summed E-state index contributed by atoms with van der Waals surface area (Å²) in [5, 5.41) is 4.70. The molecule has 1 fully saturated rings. The fourth-order valence-corrected chi connectivity index (χ4v) is 12.1. The quantitative estimate of drug-likeness (QED) is 0.0784. The zero-order chi connectivity index (χ0) is 39.3. The van der Waals surface area contributed by atoms with Gasteiger partial charge in [-0.05, 0) is 33.1 Å². The van der Waals surface area contributed by atoms with E-state index in [0.29, 0.717) is 16.7 Å². The van der Waals surface area contributed by atoms with E-state index in [1.165, 1.54) is 19.6 Å². The maximum Gasteiger partial charge on any atom is 0.303 e. The number of nitrogens with one attached hydrogen (secondary N) is 1. The molecule has 0 saturated carbocycles. The molecule has 2 aromatic heterocycles. The Hall–Kier alpha value is -5.79. The molecule has 1 N–H and O–H groups in total. The third-order valence-corrected chi connectivity index (χ3v) is 15.1. The second-order valence-corrected chi connectivity index (χ2v) is 19.1. The minimum atomic E-state index is -3.10. The summed E-state index contributed by atoms with van der Waals surface area (Å²) >= 11 is 0. The zero-order valence-electron chi connectivity index (χ0n) is 31.9. The van der Waals surface area contributed by atoms with Crippen molar-refractivity contribution in [3.05, 3.63) is 158 Å². The van der Waals surface area contributed by atoms with Gasteiger partial charge in [0.25, 0.3) is 14.2 Å². The van der Waals surface area contributed by atoms with Crippen molar-refractivity contribution in [3.8, 4) is 0 Å². The van der Waals surface area contributed by atoms with Crippen LogP contribution in [-0.2, 0) is 30.0 Å². The van der Waals surface area contributed by atoms with E-state index in [4.69, 9.17) is 18.6 Å². The number of esters is 1. The Labute approximate surface area is 327 Å². The lowest BCUT2D eigenvalue weighted by molar-refractivity contribution is -0.158. The van der Waals surface area contributed by atoms with Gasteiger partial charge in [0.05, 0.1) is 19.5 Å². The van der Waals surface area contributed by atoms with Crippen LogP contribution in [0.4, 0.5) is 5.82 Å². The largest absolute Gasteiger partial charge is 0.455 e. The maximum atomic E-state index is 13.2. The van der Waals surface area contributed by atoms with Crippen molar-refractivity contribution >= 4 is 47.5 Å². The average Bonchev–Trinajstić information content (AvgIpc) is 3.77. The molecule has 0 radical (unpaired) electrons. The van der Waals surface area contributed by atoms with E-state index in [0.717, 1.165) is 15.9 Å². The summed E-state index contributed by atoms with van der Waals surface area (Å²) in [5.74, 6) is -0.665. The summed E-state index contributed by atoms with van der Waals surface area (Å²) in [6, 6.07) is 39.2. The van der Waals surface area contributed by atoms with Crippen molar-refractivity contribution in [2.75, 3.05) is 11.9 Å². The Kier molecular flexibility index (Phi) is 11.1. The summed E-state index contributed by atoms with van der Waals surface area (Å²) < 4.78 is 29.1. The first-order valence-electron chi connectivity index (χ1n) is 18.5. The molecule has 286 valence electrons. The van der Waals surface area contributed by atoms with Crippen LogP contribution in [0.2, 0.25) is 5.04 Å². The molecule has 6 aromatic rings. The normalized spacial score (nSPS) is 19.8. The average molecular weight is 768 g/mol. The number of aromatic nitrogens is 4. The highest BCUT2D eigenvalue weighted by Crippen LogP contribution is 2.45. The van der Waals surface area contributed by atoms with Gasteiger partial charge in [0.2, 0.25) is 0 Å². The third-order valence-electron chi connectivity index (χ3n) is 10.2. The Morgan fingerprint density at radius 1 is 0.875 bits per heavy atom. The first-order valence-corrected chi connectivity index (χ1v) is 20.4. The van der Waals surface area contributed by atoms with E-state index < -0.39 is 38.3 Å². The predicted octanol–water partition coefficient (Wildman–Crippen LogP) is 6.63. The number of fused-ring (bicyclic) bond motifs is 1. The van der Waals surface area contributed by atoms with Gasteiger partial charge in [0, 0.05) is 12.5 Å². The molecule has 4 unspecified atom stereocenters. The number of ether oxygens (including phenoxy) is 3. The molecular formula is C44H45N5O6Si. The molecule has 56 heavy (non-hydrogen) atoms. The zero-order valence-corrected chi connectivity index (χ0v) is 32.9. The molecule has 4 atom stereocenters. The number of nitrogens with zero attached hydrogens (tertiary/aromatic N) is 4.